The quantitative estimate of drug-likeness (QED) is 0.815. The summed E-state index contributed by atoms with van der Waals surface area (Å²) in [5, 5.41) is 0.730. The normalized spacial score (nSPS) is 13.5. The van der Waals surface area contributed by atoms with E-state index in [1.165, 1.54) is 6.26 Å². The van der Waals surface area contributed by atoms with Crippen molar-refractivity contribution in [1.82, 2.24) is 4.90 Å². The van der Waals surface area contributed by atoms with E-state index in [4.69, 9.17) is 4.42 Å². The summed E-state index contributed by atoms with van der Waals surface area (Å²) >= 11 is 0. The Morgan fingerprint density at radius 2 is 2.06 bits per heavy atom. The Hall–Kier alpha value is -1.42. The molecule has 0 bridgehead atoms. The molecule has 0 fully saturated rings. The summed E-state index contributed by atoms with van der Waals surface area (Å²) in [6, 6.07) is 4.89. The van der Waals surface area contributed by atoms with Crippen molar-refractivity contribution in [1.29, 1.82) is 0 Å². The van der Waals surface area contributed by atoms with Crippen LogP contribution < -0.4 is 0 Å². The standard InChI is InChI=1S/C13H15F2NO/c1-16(2)11(8-14)7-10-4-3-9-5-6-17-13(9)12(10)15/h3-6,11H,7-8H2,1-2H3. The van der Waals surface area contributed by atoms with Crippen LogP contribution in [-0.2, 0) is 6.42 Å². The van der Waals surface area contributed by atoms with Crippen LogP contribution in [0.15, 0.2) is 28.9 Å². The molecule has 4 heteroatoms. The molecular weight excluding hydrogens is 224 g/mol. The second-order valence-electron chi connectivity index (χ2n) is 4.35. The zero-order valence-corrected chi connectivity index (χ0v) is 9.91. The van der Waals surface area contributed by atoms with Crippen LogP contribution in [0.4, 0.5) is 8.78 Å². The van der Waals surface area contributed by atoms with Gasteiger partial charge < -0.3 is 9.32 Å². The number of halogens is 2. The van der Waals surface area contributed by atoms with Gasteiger partial charge in [0, 0.05) is 11.4 Å². The summed E-state index contributed by atoms with van der Waals surface area (Å²) in [6.07, 6.45) is 1.79. The number of hydrogen-bond donors (Lipinski definition) is 0. The van der Waals surface area contributed by atoms with Gasteiger partial charge in [0.25, 0.3) is 0 Å². The molecule has 0 N–H and O–H groups in total. The van der Waals surface area contributed by atoms with Crippen LogP contribution in [0.5, 0.6) is 0 Å². The summed E-state index contributed by atoms with van der Waals surface area (Å²) in [5.41, 5.74) is 0.739. The van der Waals surface area contributed by atoms with Gasteiger partial charge in [-0.3, -0.25) is 0 Å². The van der Waals surface area contributed by atoms with Gasteiger partial charge in [0.05, 0.1) is 6.26 Å². The Morgan fingerprint density at radius 3 is 2.71 bits per heavy atom. The van der Waals surface area contributed by atoms with E-state index in [-0.39, 0.29) is 17.4 Å². The van der Waals surface area contributed by atoms with E-state index in [2.05, 4.69) is 0 Å². The van der Waals surface area contributed by atoms with Crippen molar-refractivity contribution in [3.05, 3.63) is 35.8 Å². The first-order valence-electron chi connectivity index (χ1n) is 5.50. The third kappa shape index (κ3) is 2.31. The van der Waals surface area contributed by atoms with E-state index in [0.29, 0.717) is 12.0 Å². The molecule has 1 atom stereocenters. The van der Waals surface area contributed by atoms with Crippen LogP contribution in [-0.4, -0.2) is 31.7 Å². The second kappa shape index (κ2) is 4.84. The third-order valence-electron chi connectivity index (χ3n) is 3.00. The Labute approximate surface area is 98.8 Å². The molecule has 0 radical (unpaired) electrons. The predicted molar refractivity (Wildman–Crippen MR) is 63.3 cm³/mol. The van der Waals surface area contributed by atoms with Crippen LogP contribution in [0.1, 0.15) is 5.56 Å². The molecule has 0 saturated carbocycles. The highest BCUT2D eigenvalue weighted by Gasteiger charge is 2.16. The van der Waals surface area contributed by atoms with Crippen molar-refractivity contribution in [2.75, 3.05) is 20.8 Å². The maximum Gasteiger partial charge on any atom is 0.169 e. The first kappa shape index (κ1) is 12.0. The molecule has 0 saturated heterocycles. The minimum Gasteiger partial charge on any atom is -0.461 e. The Bertz CT molecular complexity index is 507. The number of rotatable bonds is 4. The summed E-state index contributed by atoms with van der Waals surface area (Å²) in [4.78, 5) is 1.76. The van der Waals surface area contributed by atoms with Crippen LogP contribution in [0.2, 0.25) is 0 Å². The molecular formula is C13H15F2NO. The largest absolute Gasteiger partial charge is 0.461 e. The van der Waals surface area contributed by atoms with Crippen LogP contribution in [0.3, 0.4) is 0 Å². The number of alkyl halides is 1. The number of hydrogen-bond acceptors (Lipinski definition) is 2. The summed E-state index contributed by atoms with van der Waals surface area (Å²) < 4.78 is 31.9. The van der Waals surface area contributed by atoms with Gasteiger partial charge in [-0.25, -0.2) is 8.78 Å². The Morgan fingerprint density at radius 1 is 1.29 bits per heavy atom. The molecule has 0 spiro atoms. The second-order valence-corrected chi connectivity index (χ2v) is 4.35. The van der Waals surface area contributed by atoms with Gasteiger partial charge in [-0.1, -0.05) is 12.1 Å². The Kier molecular flexibility index (Phi) is 3.43. The maximum absolute atomic E-state index is 14.0. The molecule has 1 aromatic heterocycles. The molecule has 1 heterocycles. The number of benzene rings is 1. The van der Waals surface area contributed by atoms with Crippen LogP contribution >= 0.6 is 0 Å². The molecule has 2 rings (SSSR count). The first-order valence-corrected chi connectivity index (χ1v) is 5.50. The molecule has 0 amide bonds. The lowest BCUT2D eigenvalue weighted by atomic mass is 10.0. The fourth-order valence-corrected chi connectivity index (χ4v) is 1.82. The highest BCUT2D eigenvalue weighted by Crippen LogP contribution is 2.23. The zero-order valence-electron chi connectivity index (χ0n) is 9.91. The van der Waals surface area contributed by atoms with Crippen LogP contribution in [0, 0.1) is 5.82 Å². The highest BCUT2D eigenvalue weighted by atomic mass is 19.1. The SMILES string of the molecule is CN(C)C(CF)Cc1ccc2ccoc2c1F. The lowest BCUT2D eigenvalue weighted by Gasteiger charge is -2.21. The van der Waals surface area contributed by atoms with E-state index in [0.717, 1.165) is 5.39 Å². The predicted octanol–water partition coefficient (Wildman–Crippen LogP) is 3.01. The molecule has 1 aromatic carbocycles. The van der Waals surface area contributed by atoms with Crippen molar-refractivity contribution in [3.8, 4) is 0 Å². The van der Waals surface area contributed by atoms with Gasteiger partial charge in [-0.15, -0.1) is 0 Å². The lowest BCUT2D eigenvalue weighted by molar-refractivity contribution is 0.236. The zero-order chi connectivity index (χ0) is 12.4. The van der Waals surface area contributed by atoms with Crippen molar-refractivity contribution >= 4 is 11.0 Å². The van der Waals surface area contributed by atoms with Crippen molar-refractivity contribution in [3.63, 3.8) is 0 Å². The molecule has 17 heavy (non-hydrogen) atoms. The van der Waals surface area contributed by atoms with Crippen molar-refractivity contribution in [2.45, 2.75) is 12.5 Å². The fourth-order valence-electron chi connectivity index (χ4n) is 1.82. The topological polar surface area (TPSA) is 16.4 Å². The first-order chi connectivity index (χ1) is 8.13. The molecule has 0 aliphatic carbocycles. The number of likely N-dealkylation sites (N-methyl/N-ethyl adjacent to an activating group) is 1. The smallest absolute Gasteiger partial charge is 0.169 e. The van der Waals surface area contributed by atoms with Gasteiger partial charge >= 0.3 is 0 Å². The highest BCUT2D eigenvalue weighted by molar-refractivity contribution is 5.78. The maximum atomic E-state index is 14.0. The lowest BCUT2D eigenvalue weighted by Crippen LogP contribution is -2.32. The summed E-state index contributed by atoms with van der Waals surface area (Å²) in [7, 11) is 3.57. The van der Waals surface area contributed by atoms with Gasteiger partial charge in [0.2, 0.25) is 0 Å². The molecule has 1 unspecified atom stereocenters. The van der Waals surface area contributed by atoms with Crippen molar-refractivity contribution in [2.24, 2.45) is 0 Å². The number of fused-ring (bicyclic) bond motifs is 1. The third-order valence-corrected chi connectivity index (χ3v) is 3.00. The average Bonchev–Trinajstić information content (AvgIpc) is 2.76. The molecule has 0 aliphatic rings. The van der Waals surface area contributed by atoms with E-state index >= 15 is 0 Å². The van der Waals surface area contributed by atoms with Gasteiger partial charge in [0.1, 0.15) is 6.67 Å². The van der Waals surface area contributed by atoms with Gasteiger partial charge in [-0.2, -0.15) is 0 Å². The number of furan rings is 1. The number of nitrogens with zero attached hydrogens (tertiary/aromatic N) is 1. The van der Waals surface area contributed by atoms with Gasteiger partial charge in [-0.05, 0) is 32.1 Å². The van der Waals surface area contributed by atoms with Gasteiger partial charge in [0.15, 0.2) is 11.4 Å². The van der Waals surface area contributed by atoms with Crippen molar-refractivity contribution < 1.29 is 13.2 Å². The molecule has 2 nitrogen and oxygen atoms in total. The monoisotopic (exact) mass is 239 g/mol. The molecule has 0 aliphatic heterocycles. The summed E-state index contributed by atoms with van der Waals surface area (Å²) in [6.45, 7) is -0.497. The van der Waals surface area contributed by atoms with E-state index < -0.39 is 6.67 Å². The summed E-state index contributed by atoms with van der Waals surface area (Å²) in [5.74, 6) is -0.382. The Balaban J connectivity index is 2.32. The molecule has 2 aromatic rings. The van der Waals surface area contributed by atoms with Crippen LogP contribution in [0.25, 0.3) is 11.0 Å². The van der Waals surface area contributed by atoms with E-state index in [9.17, 15) is 8.78 Å². The van der Waals surface area contributed by atoms with E-state index in [1.54, 1.807) is 37.2 Å². The molecule has 92 valence electrons. The minimum atomic E-state index is -0.497. The van der Waals surface area contributed by atoms with E-state index in [1.807, 2.05) is 0 Å². The fraction of sp³-hybridized carbons (Fsp3) is 0.385. The average molecular weight is 239 g/mol. The minimum absolute atomic E-state index is 0.249.